The van der Waals surface area contributed by atoms with Crippen LogP contribution in [0.1, 0.15) is 49.8 Å². The summed E-state index contributed by atoms with van der Waals surface area (Å²) in [6.07, 6.45) is 9.03. The van der Waals surface area contributed by atoms with Gasteiger partial charge in [-0.3, -0.25) is 9.78 Å². The number of carbonyl (C=O) groups is 1. The molecule has 2 heterocycles. The SMILES string of the molecule is CCCCCOc1ccc(C2CC(C(=O)N/N=C/c3cccnc3)NN2)cc1. The van der Waals surface area contributed by atoms with Gasteiger partial charge in [0.15, 0.2) is 0 Å². The van der Waals surface area contributed by atoms with Crippen LogP contribution < -0.4 is 21.0 Å². The number of rotatable bonds is 9. The number of nitrogens with one attached hydrogen (secondary N) is 3. The van der Waals surface area contributed by atoms with Crippen molar-refractivity contribution in [1.29, 1.82) is 0 Å². The molecule has 2 aromatic rings. The molecule has 148 valence electrons. The lowest BCUT2D eigenvalue weighted by atomic mass is 10.0. The van der Waals surface area contributed by atoms with E-state index in [2.05, 4.69) is 33.3 Å². The van der Waals surface area contributed by atoms with Crippen molar-refractivity contribution in [2.75, 3.05) is 6.61 Å². The number of hydrogen-bond donors (Lipinski definition) is 3. The Hall–Kier alpha value is -2.77. The molecule has 0 saturated carbocycles. The molecule has 0 spiro atoms. The molecular formula is C21H27N5O2. The van der Waals surface area contributed by atoms with Gasteiger partial charge in [0.2, 0.25) is 0 Å². The van der Waals surface area contributed by atoms with Crippen molar-refractivity contribution < 1.29 is 9.53 Å². The van der Waals surface area contributed by atoms with Crippen LogP contribution in [-0.2, 0) is 4.79 Å². The maximum absolute atomic E-state index is 12.3. The van der Waals surface area contributed by atoms with E-state index in [4.69, 9.17) is 4.74 Å². The molecule has 2 unspecified atom stereocenters. The molecule has 28 heavy (non-hydrogen) atoms. The predicted octanol–water partition coefficient (Wildman–Crippen LogP) is 2.71. The zero-order valence-corrected chi connectivity index (χ0v) is 16.1. The number of hydrazine groups is 1. The van der Waals surface area contributed by atoms with Gasteiger partial charge in [-0.1, -0.05) is 38.0 Å². The average Bonchev–Trinajstić information content (AvgIpc) is 3.23. The summed E-state index contributed by atoms with van der Waals surface area (Å²) in [5.41, 5.74) is 10.7. The van der Waals surface area contributed by atoms with Crippen molar-refractivity contribution in [3.63, 3.8) is 0 Å². The van der Waals surface area contributed by atoms with E-state index >= 15 is 0 Å². The Balaban J connectivity index is 1.45. The summed E-state index contributed by atoms with van der Waals surface area (Å²) in [5.74, 6) is 0.704. The molecule has 1 aliphatic rings. The van der Waals surface area contributed by atoms with Crippen LogP contribution in [0.15, 0.2) is 53.9 Å². The molecule has 0 aliphatic carbocycles. The van der Waals surface area contributed by atoms with Gasteiger partial charge < -0.3 is 4.74 Å². The number of aromatic nitrogens is 1. The Kier molecular flexibility index (Phi) is 7.52. The minimum Gasteiger partial charge on any atom is -0.494 e. The van der Waals surface area contributed by atoms with Gasteiger partial charge in [0.25, 0.3) is 5.91 Å². The number of benzene rings is 1. The minimum absolute atomic E-state index is 0.0622. The largest absolute Gasteiger partial charge is 0.494 e. The minimum atomic E-state index is -0.346. The van der Waals surface area contributed by atoms with Crippen LogP contribution in [0.5, 0.6) is 5.75 Å². The van der Waals surface area contributed by atoms with Crippen LogP contribution in [0.3, 0.4) is 0 Å². The third kappa shape index (κ3) is 5.87. The normalized spacial score (nSPS) is 19.0. The second-order valence-electron chi connectivity index (χ2n) is 6.77. The number of amides is 1. The fourth-order valence-electron chi connectivity index (χ4n) is 2.99. The molecule has 0 radical (unpaired) electrons. The van der Waals surface area contributed by atoms with E-state index in [0.29, 0.717) is 6.42 Å². The Morgan fingerprint density at radius 1 is 1.29 bits per heavy atom. The van der Waals surface area contributed by atoms with Gasteiger partial charge >= 0.3 is 0 Å². The van der Waals surface area contributed by atoms with Gasteiger partial charge in [-0.05, 0) is 36.6 Å². The molecule has 7 nitrogen and oxygen atoms in total. The fourth-order valence-corrected chi connectivity index (χ4v) is 2.99. The molecular weight excluding hydrogens is 354 g/mol. The van der Waals surface area contributed by atoms with Gasteiger partial charge in [0.05, 0.1) is 12.8 Å². The van der Waals surface area contributed by atoms with Crippen LogP contribution in [-0.4, -0.2) is 29.8 Å². The summed E-state index contributed by atoms with van der Waals surface area (Å²) in [7, 11) is 0. The molecule has 3 N–H and O–H groups in total. The predicted molar refractivity (Wildman–Crippen MR) is 109 cm³/mol. The molecule has 1 aromatic heterocycles. The zero-order valence-electron chi connectivity index (χ0n) is 16.1. The second-order valence-corrected chi connectivity index (χ2v) is 6.77. The van der Waals surface area contributed by atoms with Crippen LogP contribution in [0.4, 0.5) is 0 Å². The molecule has 2 atom stereocenters. The molecule has 1 aromatic carbocycles. The second kappa shape index (κ2) is 10.5. The molecule has 1 fully saturated rings. The Labute approximate surface area is 165 Å². The highest BCUT2D eigenvalue weighted by molar-refractivity contribution is 5.84. The van der Waals surface area contributed by atoms with E-state index in [1.165, 1.54) is 12.8 Å². The van der Waals surface area contributed by atoms with Crippen molar-refractivity contribution in [1.82, 2.24) is 21.3 Å². The topological polar surface area (TPSA) is 87.6 Å². The lowest BCUT2D eigenvalue weighted by Gasteiger charge is -2.11. The molecule has 3 rings (SSSR count). The average molecular weight is 381 g/mol. The first-order valence-electron chi connectivity index (χ1n) is 9.73. The first kappa shape index (κ1) is 20.0. The summed E-state index contributed by atoms with van der Waals surface area (Å²) in [5, 5.41) is 3.99. The van der Waals surface area contributed by atoms with Crippen molar-refractivity contribution in [2.45, 2.75) is 44.7 Å². The van der Waals surface area contributed by atoms with Gasteiger partial charge in [0.1, 0.15) is 11.8 Å². The first-order chi connectivity index (χ1) is 13.8. The maximum Gasteiger partial charge on any atom is 0.258 e. The number of pyridine rings is 1. The first-order valence-corrected chi connectivity index (χ1v) is 9.73. The maximum atomic E-state index is 12.3. The number of nitrogens with zero attached hydrogens (tertiary/aromatic N) is 2. The Morgan fingerprint density at radius 3 is 2.89 bits per heavy atom. The highest BCUT2D eigenvalue weighted by atomic mass is 16.5. The van der Waals surface area contributed by atoms with E-state index in [1.54, 1.807) is 18.6 Å². The molecule has 1 saturated heterocycles. The quantitative estimate of drug-likeness (QED) is 0.353. The number of carbonyl (C=O) groups excluding carboxylic acids is 1. The fraction of sp³-hybridized carbons (Fsp3) is 0.381. The van der Waals surface area contributed by atoms with Gasteiger partial charge in [-0.2, -0.15) is 5.10 Å². The molecule has 1 amide bonds. The van der Waals surface area contributed by atoms with Crippen molar-refractivity contribution in [3.05, 3.63) is 59.9 Å². The molecule has 7 heteroatoms. The van der Waals surface area contributed by atoms with Crippen LogP contribution in [0.2, 0.25) is 0 Å². The van der Waals surface area contributed by atoms with E-state index in [-0.39, 0.29) is 18.0 Å². The summed E-state index contributed by atoms with van der Waals surface area (Å²) < 4.78 is 5.75. The van der Waals surface area contributed by atoms with Crippen molar-refractivity contribution in [3.8, 4) is 5.75 Å². The monoisotopic (exact) mass is 381 g/mol. The number of unbranched alkanes of at least 4 members (excludes halogenated alkanes) is 2. The van der Waals surface area contributed by atoms with E-state index in [9.17, 15) is 4.79 Å². The smallest absolute Gasteiger partial charge is 0.258 e. The lowest BCUT2D eigenvalue weighted by Crippen LogP contribution is -2.41. The van der Waals surface area contributed by atoms with Gasteiger partial charge in [-0.25, -0.2) is 16.3 Å². The summed E-state index contributed by atoms with van der Waals surface area (Å²) in [4.78, 5) is 16.3. The van der Waals surface area contributed by atoms with Crippen LogP contribution in [0, 0.1) is 0 Å². The van der Waals surface area contributed by atoms with Crippen molar-refractivity contribution >= 4 is 12.1 Å². The van der Waals surface area contributed by atoms with E-state index in [1.807, 2.05) is 36.4 Å². The highest BCUT2D eigenvalue weighted by Gasteiger charge is 2.30. The number of ether oxygens (including phenoxy) is 1. The standard InChI is InChI=1S/C21H27N5O2/c1-2-3-4-12-28-18-9-7-17(8-10-18)19-13-20(25-24-19)21(27)26-23-15-16-6-5-11-22-14-16/h5-11,14-15,19-20,24-25H,2-4,12-13H2,1H3,(H,26,27)/b23-15+. The number of hydrazone groups is 1. The zero-order chi connectivity index (χ0) is 19.6. The summed E-state index contributed by atoms with van der Waals surface area (Å²) in [6, 6.07) is 11.4. The third-order valence-corrected chi connectivity index (χ3v) is 4.59. The molecule has 0 bridgehead atoms. The lowest BCUT2D eigenvalue weighted by molar-refractivity contribution is -0.122. The van der Waals surface area contributed by atoms with Crippen molar-refractivity contribution in [2.24, 2.45) is 5.10 Å². The number of hydrogen-bond acceptors (Lipinski definition) is 6. The van der Waals surface area contributed by atoms with Crippen LogP contribution >= 0.6 is 0 Å². The Morgan fingerprint density at radius 2 is 2.14 bits per heavy atom. The third-order valence-electron chi connectivity index (χ3n) is 4.59. The van der Waals surface area contributed by atoms with Gasteiger partial charge in [-0.15, -0.1) is 0 Å². The van der Waals surface area contributed by atoms with E-state index < -0.39 is 0 Å². The Bertz CT molecular complexity index is 764. The van der Waals surface area contributed by atoms with E-state index in [0.717, 1.165) is 29.9 Å². The summed E-state index contributed by atoms with van der Waals surface area (Å²) >= 11 is 0. The van der Waals surface area contributed by atoms with Gasteiger partial charge in [0, 0.05) is 24.0 Å². The summed E-state index contributed by atoms with van der Waals surface area (Å²) in [6.45, 7) is 2.93. The van der Waals surface area contributed by atoms with Crippen LogP contribution in [0.25, 0.3) is 0 Å². The highest BCUT2D eigenvalue weighted by Crippen LogP contribution is 2.24. The molecule has 1 aliphatic heterocycles.